The number of hydrogen-bond donors (Lipinski definition) is 0. The van der Waals surface area contributed by atoms with Gasteiger partial charge in [-0.25, -0.2) is 4.98 Å². The van der Waals surface area contributed by atoms with Gasteiger partial charge in [0.25, 0.3) is 11.6 Å². The Morgan fingerprint density at radius 2 is 1.94 bits per heavy atom. The van der Waals surface area contributed by atoms with Crippen LogP contribution >= 0.6 is 11.3 Å². The second-order valence-electron chi connectivity index (χ2n) is 8.26. The zero-order valence-electron chi connectivity index (χ0n) is 19.0. The van der Waals surface area contributed by atoms with Gasteiger partial charge in [0.1, 0.15) is 0 Å². The third-order valence-corrected chi connectivity index (χ3v) is 6.52. The van der Waals surface area contributed by atoms with E-state index in [0.29, 0.717) is 24.1 Å². The number of para-hydroxylation sites is 1. The minimum absolute atomic E-state index is 0.120. The summed E-state index contributed by atoms with van der Waals surface area (Å²) >= 11 is 1.45. The number of aryl methyl sites for hydroxylation is 2. The van der Waals surface area contributed by atoms with Crippen LogP contribution in [0.2, 0.25) is 0 Å². The molecular weight excluding hydrogens is 438 g/mol. The van der Waals surface area contributed by atoms with Crippen LogP contribution in [0.15, 0.2) is 48.5 Å². The monoisotopic (exact) mass is 463 g/mol. The molecule has 4 rings (SSSR count). The fourth-order valence-electron chi connectivity index (χ4n) is 3.83. The van der Waals surface area contributed by atoms with Crippen molar-refractivity contribution >= 4 is 38.3 Å². The predicted octanol–water partition coefficient (Wildman–Crippen LogP) is 5.49. The van der Waals surface area contributed by atoms with Gasteiger partial charge in [-0.2, -0.15) is 5.10 Å². The average molecular weight is 464 g/mol. The lowest BCUT2D eigenvalue weighted by Crippen LogP contribution is -2.34. The molecule has 2 heterocycles. The molecule has 0 unspecified atom stereocenters. The number of carbonyl (C=O) groups excluding carboxylic acids is 1. The first-order valence-electron chi connectivity index (χ1n) is 10.7. The van der Waals surface area contributed by atoms with Crippen LogP contribution in [0.25, 0.3) is 10.2 Å². The zero-order valence-corrected chi connectivity index (χ0v) is 19.8. The van der Waals surface area contributed by atoms with E-state index in [1.807, 2.05) is 36.7 Å². The van der Waals surface area contributed by atoms with Crippen molar-refractivity contribution in [2.45, 2.75) is 40.2 Å². The molecule has 0 N–H and O–H groups in total. The van der Waals surface area contributed by atoms with Crippen LogP contribution in [-0.2, 0) is 6.54 Å². The van der Waals surface area contributed by atoms with Crippen molar-refractivity contribution in [1.82, 2.24) is 14.8 Å². The van der Waals surface area contributed by atoms with Crippen LogP contribution in [-0.4, -0.2) is 32.1 Å². The topological polar surface area (TPSA) is 94.2 Å². The van der Waals surface area contributed by atoms with E-state index in [0.717, 1.165) is 27.2 Å². The molecular formula is C24H25N5O3S. The lowest BCUT2D eigenvalue weighted by Gasteiger charge is -2.20. The summed E-state index contributed by atoms with van der Waals surface area (Å²) in [6.07, 6.45) is 0. The molecule has 2 aromatic heterocycles. The fraction of sp³-hybridized carbons (Fsp3) is 0.292. The predicted molar refractivity (Wildman–Crippen MR) is 130 cm³/mol. The smallest absolute Gasteiger partial charge is 0.270 e. The Kier molecular flexibility index (Phi) is 6.24. The number of nitrogens with zero attached hydrogens (tertiary/aromatic N) is 5. The largest absolute Gasteiger partial charge is 0.282 e. The molecule has 0 radical (unpaired) electrons. The summed E-state index contributed by atoms with van der Waals surface area (Å²) in [6, 6.07) is 13.9. The highest BCUT2D eigenvalue weighted by molar-refractivity contribution is 7.22. The standard InChI is InChI=1S/C24H25N5O3S/c1-15(2)20-9-6-10-21-22(20)25-24(33-21)27(11-12-28-17(4)13-16(3)26-28)23(30)18-7-5-8-19(14-18)29(31)32/h5-10,13-15H,11-12H2,1-4H3. The van der Waals surface area contributed by atoms with E-state index >= 15 is 0 Å². The number of nitro benzene ring substituents is 1. The van der Waals surface area contributed by atoms with Crippen molar-refractivity contribution in [1.29, 1.82) is 0 Å². The van der Waals surface area contributed by atoms with E-state index < -0.39 is 4.92 Å². The van der Waals surface area contributed by atoms with E-state index in [1.165, 1.54) is 29.5 Å². The van der Waals surface area contributed by atoms with Crippen molar-refractivity contribution < 1.29 is 9.72 Å². The Balaban J connectivity index is 1.75. The van der Waals surface area contributed by atoms with E-state index in [-0.39, 0.29) is 17.2 Å². The summed E-state index contributed by atoms with van der Waals surface area (Å²) < 4.78 is 2.86. The number of thiazole rings is 1. The molecule has 0 fully saturated rings. The molecule has 170 valence electrons. The lowest BCUT2D eigenvalue weighted by atomic mass is 10.0. The summed E-state index contributed by atoms with van der Waals surface area (Å²) in [7, 11) is 0. The molecule has 33 heavy (non-hydrogen) atoms. The van der Waals surface area contributed by atoms with Gasteiger partial charge in [-0.15, -0.1) is 0 Å². The molecule has 8 nitrogen and oxygen atoms in total. The van der Waals surface area contributed by atoms with Gasteiger partial charge in [0.15, 0.2) is 5.13 Å². The zero-order chi connectivity index (χ0) is 23.7. The summed E-state index contributed by atoms with van der Waals surface area (Å²) in [5, 5.41) is 16.3. The van der Waals surface area contributed by atoms with Crippen molar-refractivity contribution in [2.75, 3.05) is 11.4 Å². The summed E-state index contributed by atoms with van der Waals surface area (Å²) in [4.78, 5) is 30.8. The van der Waals surface area contributed by atoms with Gasteiger partial charge in [0.05, 0.1) is 27.4 Å². The number of aromatic nitrogens is 3. The number of nitro groups is 1. The third-order valence-electron chi connectivity index (χ3n) is 5.48. The summed E-state index contributed by atoms with van der Waals surface area (Å²) in [5.74, 6) is -0.0374. The Labute approximate surface area is 195 Å². The van der Waals surface area contributed by atoms with Crippen LogP contribution < -0.4 is 4.90 Å². The average Bonchev–Trinajstić information content (AvgIpc) is 3.35. The SMILES string of the molecule is Cc1cc(C)n(CCN(C(=O)c2cccc([N+](=O)[O-])c2)c2nc3c(C(C)C)cccc3s2)n1. The lowest BCUT2D eigenvalue weighted by molar-refractivity contribution is -0.384. The van der Waals surface area contributed by atoms with E-state index in [1.54, 1.807) is 11.0 Å². The third kappa shape index (κ3) is 4.63. The van der Waals surface area contributed by atoms with Gasteiger partial charge in [-0.1, -0.05) is 43.4 Å². The van der Waals surface area contributed by atoms with Gasteiger partial charge >= 0.3 is 0 Å². The molecule has 0 saturated carbocycles. The highest BCUT2D eigenvalue weighted by atomic mass is 32.1. The molecule has 1 amide bonds. The van der Waals surface area contributed by atoms with Crippen molar-refractivity contribution in [3.8, 4) is 0 Å². The van der Waals surface area contributed by atoms with Crippen LogP contribution in [0.1, 0.15) is 47.1 Å². The van der Waals surface area contributed by atoms with E-state index in [2.05, 4.69) is 25.0 Å². The van der Waals surface area contributed by atoms with Crippen LogP contribution in [0, 0.1) is 24.0 Å². The number of carbonyl (C=O) groups is 1. The molecule has 0 aliphatic heterocycles. The normalized spacial score (nSPS) is 11.3. The van der Waals surface area contributed by atoms with Crippen LogP contribution in [0.3, 0.4) is 0 Å². The van der Waals surface area contributed by atoms with Crippen molar-refractivity contribution in [3.63, 3.8) is 0 Å². The maximum absolute atomic E-state index is 13.6. The Bertz CT molecular complexity index is 1340. The van der Waals surface area contributed by atoms with E-state index in [4.69, 9.17) is 4.98 Å². The van der Waals surface area contributed by atoms with E-state index in [9.17, 15) is 14.9 Å². The first-order chi connectivity index (χ1) is 15.7. The van der Waals surface area contributed by atoms with Crippen LogP contribution in [0.4, 0.5) is 10.8 Å². The maximum atomic E-state index is 13.6. The number of anilines is 1. The number of non-ortho nitro benzene ring substituents is 1. The number of benzene rings is 2. The molecule has 0 spiro atoms. The maximum Gasteiger partial charge on any atom is 0.270 e. The Morgan fingerprint density at radius 1 is 1.18 bits per heavy atom. The molecule has 0 bridgehead atoms. The number of amides is 1. The first kappa shape index (κ1) is 22.6. The minimum Gasteiger partial charge on any atom is -0.282 e. The van der Waals surface area contributed by atoms with Gasteiger partial charge in [0, 0.05) is 29.9 Å². The second kappa shape index (κ2) is 9.11. The Hall–Kier alpha value is -3.59. The van der Waals surface area contributed by atoms with Gasteiger partial charge in [0.2, 0.25) is 0 Å². The van der Waals surface area contributed by atoms with Gasteiger partial charge in [-0.3, -0.25) is 24.5 Å². The molecule has 4 aromatic rings. The highest BCUT2D eigenvalue weighted by Crippen LogP contribution is 2.34. The summed E-state index contributed by atoms with van der Waals surface area (Å²) in [6.45, 7) is 8.94. The fourth-order valence-corrected chi connectivity index (χ4v) is 4.85. The molecule has 0 aliphatic rings. The quantitative estimate of drug-likeness (QED) is 0.267. The molecule has 0 atom stereocenters. The van der Waals surface area contributed by atoms with Gasteiger partial charge in [-0.05, 0) is 43.5 Å². The number of rotatable bonds is 7. The second-order valence-corrected chi connectivity index (χ2v) is 9.27. The van der Waals surface area contributed by atoms with Crippen molar-refractivity contribution in [2.24, 2.45) is 0 Å². The molecule has 0 aliphatic carbocycles. The summed E-state index contributed by atoms with van der Waals surface area (Å²) in [5.41, 5.74) is 4.05. The molecule has 9 heteroatoms. The van der Waals surface area contributed by atoms with Gasteiger partial charge < -0.3 is 0 Å². The van der Waals surface area contributed by atoms with Crippen LogP contribution in [0.5, 0.6) is 0 Å². The van der Waals surface area contributed by atoms with Crippen molar-refractivity contribution in [3.05, 3.63) is 81.2 Å². The minimum atomic E-state index is -0.496. The molecule has 2 aromatic carbocycles. The number of fused-ring (bicyclic) bond motifs is 1. The Morgan fingerprint density at radius 3 is 2.61 bits per heavy atom. The first-order valence-corrected chi connectivity index (χ1v) is 11.5. The number of hydrogen-bond acceptors (Lipinski definition) is 6. The highest BCUT2D eigenvalue weighted by Gasteiger charge is 2.24. The molecule has 0 saturated heterocycles.